The number of benzene rings is 2. The summed E-state index contributed by atoms with van der Waals surface area (Å²) >= 11 is 3.35. The second kappa shape index (κ2) is 5.56. The van der Waals surface area contributed by atoms with Crippen molar-refractivity contribution in [3.63, 3.8) is 0 Å². The fourth-order valence-corrected chi connectivity index (χ4v) is 1.94. The van der Waals surface area contributed by atoms with Gasteiger partial charge in [0.2, 0.25) is 0 Å². The van der Waals surface area contributed by atoms with Crippen molar-refractivity contribution in [1.29, 1.82) is 5.26 Å². The van der Waals surface area contributed by atoms with Crippen molar-refractivity contribution in [2.75, 3.05) is 12.4 Å². The highest BCUT2D eigenvalue weighted by Crippen LogP contribution is 2.25. The van der Waals surface area contributed by atoms with Crippen molar-refractivity contribution in [3.05, 3.63) is 52.5 Å². The zero-order valence-corrected chi connectivity index (χ0v) is 11.4. The predicted molar refractivity (Wildman–Crippen MR) is 75.1 cm³/mol. The molecule has 90 valence electrons. The van der Waals surface area contributed by atoms with Gasteiger partial charge in [-0.2, -0.15) is 5.26 Å². The van der Waals surface area contributed by atoms with Crippen LogP contribution in [0.25, 0.3) is 0 Å². The van der Waals surface area contributed by atoms with Crippen LogP contribution in [0, 0.1) is 11.3 Å². The summed E-state index contributed by atoms with van der Waals surface area (Å²) in [5.41, 5.74) is 2.24. The molecule has 0 saturated carbocycles. The van der Waals surface area contributed by atoms with E-state index in [4.69, 9.17) is 10.00 Å². The maximum absolute atomic E-state index is 9.09. The van der Waals surface area contributed by atoms with Gasteiger partial charge in [-0.15, -0.1) is 0 Å². The number of methoxy groups -OCH3 is 1. The summed E-state index contributed by atoms with van der Waals surface area (Å²) < 4.78 is 6.04. The van der Waals surface area contributed by atoms with Crippen molar-refractivity contribution in [3.8, 4) is 11.8 Å². The van der Waals surface area contributed by atoms with Crippen molar-refractivity contribution in [2.45, 2.75) is 0 Å². The number of hydrogen-bond donors (Lipinski definition) is 1. The zero-order chi connectivity index (χ0) is 13.0. The van der Waals surface area contributed by atoms with Gasteiger partial charge in [0, 0.05) is 16.2 Å². The molecule has 0 spiro atoms. The SMILES string of the molecule is COc1cccc(Nc2ccc(Br)cc2C#N)c1. The van der Waals surface area contributed by atoms with E-state index in [0.717, 1.165) is 21.6 Å². The van der Waals surface area contributed by atoms with Crippen LogP contribution < -0.4 is 10.1 Å². The van der Waals surface area contributed by atoms with Crippen LogP contribution >= 0.6 is 15.9 Å². The second-order valence-electron chi connectivity index (χ2n) is 3.66. The van der Waals surface area contributed by atoms with Gasteiger partial charge in [-0.1, -0.05) is 22.0 Å². The molecule has 2 rings (SSSR count). The van der Waals surface area contributed by atoms with Gasteiger partial charge >= 0.3 is 0 Å². The van der Waals surface area contributed by atoms with E-state index in [2.05, 4.69) is 27.3 Å². The Kier molecular flexibility index (Phi) is 3.85. The van der Waals surface area contributed by atoms with Gasteiger partial charge in [0.15, 0.2) is 0 Å². The van der Waals surface area contributed by atoms with Crippen molar-refractivity contribution in [2.24, 2.45) is 0 Å². The lowest BCUT2D eigenvalue weighted by molar-refractivity contribution is 0.415. The van der Waals surface area contributed by atoms with Gasteiger partial charge in [-0.25, -0.2) is 0 Å². The Bertz CT molecular complexity index is 605. The summed E-state index contributed by atoms with van der Waals surface area (Å²) in [4.78, 5) is 0. The van der Waals surface area contributed by atoms with Crippen molar-refractivity contribution < 1.29 is 4.74 Å². The van der Waals surface area contributed by atoms with Gasteiger partial charge in [-0.3, -0.25) is 0 Å². The minimum Gasteiger partial charge on any atom is -0.497 e. The molecule has 2 aromatic carbocycles. The molecule has 0 unspecified atom stereocenters. The second-order valence-corrected chi connectivity index (χ2v) is 4.57. The number of nitriles is 1. The minimum absolute atomic E-state index is 0.590. The van der Waals surface area contributed by atoms with Crippen molar-refractivity contribution >= 4 is 27.3 Å². The third-order valence-corrected chi connectivity index (χ3v) is 2.94. The lowest BCUT2D eigenvalue weighted by Gasteiger charge is -2.09. The van der Waals surface area contributed by atoms with E-state index < -0.39 is 0 Å². The molecular weight excluding hydrogens is 292 g/mol. The molecule has 0 heterocycles. The first-order chi connectivity index (χ1) is 8.72. The number of nitrogens with one attached hydrogen (secondary N) is 1. The molecule has 0 radical (unpaired) electrons. The summed E-state index contributed by atoms with van der Waals surface area (Å²) in [5, 5.41) is 12.3. The molecule has 0 aliphatic carbocycles. The van der Waals surface area contributed by atoms with E-state index in [-0.39, 0.29) is 0 Å². The lowest BCUT2D eigenvalue weighted by Crippen LogP contribution is -1.94. The van der Waals surface area contributed by atoms with Gasteiger partial charge in [0.25, 0.3) is 0 Å². The smallest absolute Gasteiger partial charge is 0.120 e. The Hall–Kier alpha value is -1.99. The van der Waals surface area contributed by atoms with Crippen LogP contribution in [0.1, 0.15) is 5.56 Å². The first-order valence-electron chi connectivity index (χ1n) is 5.33. The lowest BCUT2D eigenvalue weighted by atomic mass is 10.2. The number of nitrogens with zero attached hydrogens (tertiary/aromatic N) is 1. The van der Waals surface area contributed by atoms with E-state index in [1.165, 1.54) is 0 Å². The van der Waals surface area contributed by atoms with Crippen LogP contribution in [-0.4, -0.2) is 7.11 Å². The standard InChI is InChI=1S/C14H11BrN2O/c1-18-13-4-2-3-12(8-13)17-14-6-5-11(15)7-10(14)9-16/h2-8,17H,1H3. The van der Waals surface area contributed by atoms with E-state index in [0.29, 0.717) is 5.56 Å². The fraction of sp³-hybridized carbons (Fsp3) is 0.0714. The molecule has 0 fully saturated rings. The molecular formula is C14H11BrN2O. The number of rotatable bonds is 3. The van der Waals surface area contributed by atoms with Crippen molar-refractivity contribution in [1.82, 2.24) is 0 Å². The molecule has 18 heavy (non-hydrogen) atoms. The monoisotopic (exact) mass is 302 g/mol. The summed E-state index contributed by atoms with van der Waals surface area (Å²) in [7, 11) is 1.62. The maximum atomic E-state index is 9.09. The van der Waals surface area contributed by atoms with Crippen LogP contribution in [0.4, 0.5) is 11.4 Å². The Balaban J connectivity index is 2.31. The Morgan fingerprint density at radius 3 is 2.78 bits per heavy atom. The maximum Gasteiger partial charge on any atom is 0.120 e. The minimum atomic E-state index is 0.590. The average molecular weight is 303 g/mol. The van der Waals surface area contributed by atoms with Crippen LogP contribution in [0.5, 0.6) is 5.75 Å². The predicted octanol–water partition coefficient (Wildman–Crippen LogP) is 4.07. The number of anilines is 2. The summed E-state index contributed by atoms with van der Waals surface area (Å²) in [6.45, 7) is 0. The van der Waals surface area contributed by atoms with Gasteiger partial charge in [-0.05, 0) is 30.3 Å². The molecule has 0 aliphatic heterocycles. The molecule has 0 bridgehead atoms. The Morgan fingerprint density at radius 1 is 1.22 bits per heavy atom. The molecule has 1 N–H and O–H groups in total. The summed E-state index contributed by atoms with van der Waals surface area (Å²) in [6.07, 6.45) is 0. The van der Waals surface area contributed by atoms with Crippen LogP contribution in [0.15, 0.2) is 46.9 Å². The highest BCUT2D eigenvalue weighted by atomic mass is 79.9. The summed E-state index contributed by atoms with van der Waals surface area (Å²) in [5.74, 6) is 0.774. The Labute approximate surface area is 114 Å². The van der Waals surface area contributed by atoms with Gasteiger partial charge < -0.3 is 10.1 Å². The zero-order valence-electron chi connectivity index (χ0n) is 9.77. The normalized spacial score (nSPS) is 9.61. The quantitative estimate of drug-likeness (QED) is 0.929. The molecule has 4 heteroatoms. The molecule has 0 aromatic heterocycles. The van der Waals surface area contributed by atoms with E-state index in [1.807, 2.05) is 36.4 Å². The van der Waals surface area contributed by atoms with Crippen LogP contribution in [0.3, 0.4) is 0 Å². The first kappa shape index (κ1) is 12.5. The molecule has 0 amide bonds. The molecule has 0 atom stereocenters. The highest BCUT2D eigenvalue weighted by molar-refractivity contribution is 9.10. The third-order valence-electron chi connectivity index (χ3n) is 2.45. The molecule has 2 aromatic rings. The first-order valence-corrected chi connectivity index (χ1v) is 6.13. The average Bonchev–Trinajstić information content (AvgIpc) is 2.41. The largest absolute Gasteiger partial charge is 0.497 e. The Morgan fingerprint density at radius 2 is 2.06 bits per heavy atom. The third kappa shape index (κ3) is 2.82. The number of halogens is 1. The van der Waals surface area contributed by atoms with Crippen LogP contribution in [-0.2, 0) is 0 Å². The van der Waals surface area contributed by atoms with E-state index in [1.54, 1.807) is 13.2 Å². The van der Waals surface area contributed by atoms with E-state index in [9.17, 15) is 0 Å². The molecule has 0 saturated heterocycles. The topological polar surface area (TPSA) is 45.0 Å². The van der Waals surface area contributed by atoms with Gasteiger partial charge in [0.1, 0.15) is 11.8 Å². The molecule has 3 nitrogen and oxygen atoms in total. The summed E-state index contributed by atoms with van der Waals surface area (Å²) in [6, 6.07) is 15.3. The molecule has 0 aliphatic rings. The fourth-order valence-electron chi connectivity index (χ4n) is 1.57. The van der Waals surface area contributed by atoms with E-state index >= 15 is 0 Å². The number of ether oxygens (including phenoxy) is 1. The highest BCUT2D eigenvalue weighted by Gasteiger charge is 2.03. The number of hydrogen-bond acceptors (Lipinski definition) is 3. The van der Waals surface area contributed by atoms with Gasteiger partial charge in [0.05, 0.1) is 18.4 Å². The van der Waals surface area contributed by atoms with Crippen LogP contribution in [0.2, 0.25) is 0 Å².